The fourth-order valence-corrected chi connectivity index (χ4v) is 1.90. The van der Waals surface area contributed by atoms with Crippen LogP contribution in [0.3, 0.4) is 0 Å². The Labute approximate surface area is 118 Å². The number of benzene rings is 2. The quantitative estimate of drug-likeness (QED) is 0.828. The van der Waals surface area contributed by atoms with Crippen molar-refractivity contribution in [3.05, 3.63) is 57.8 Å². The predicted octanol–water partition coefficient (Wildman–Crippen LogP) is 3.73. The van der Waals surface area contributed by atoms with E-state index >= 15 is 0 Å². The highest BCUT2D eigenvalue weighted by Gasteiger charge is 2.10. The van der Waals surface area contributed by atoms with E-state index in [0.29, 0.717) is 15.7 Å². The number of carbonyl (C=O) groups is 1. The normalized spacial score (nSPS) is 10.3. The van der Waals surface area contributed by atoms with Crippen molar-refractivity contribution in [2.75, 3.05) is 11.1 Å². The van der Waals surface area contributed by atoms with Crippen LogP contribution in [-0.4, -0.2) is 5.91 Å². The second kappa shape index (κ2) is 5.40. The van der Waals surface area contributed by atoms with Crippen molar-refractivity contribution in [3.8, 4) is 0 Å². The Bertz CT molecular complexity index is 643. The molecule has 0 saturated heterocycles. The maximum Gasteiger partial charge on any atom is 0.255 e. The van der Waals surface area contributed by atoms with Gasteiger partial charge in [0.25, 0.3) is 5.91 Å². The molecule has 19 heavy (non-hydrogen) atoms. The van der Waals surface area contributed by atoms with Crippen molar-refractivity contribution in [1.29, 1.82) is 0 Å². The van der Waals surface area contributed by atoms with Crippen LogP contribution in [0.5, 0.6) is 0 Å². The molecule has 98 valence electrons. The number of nitrogens with two attached hydrogens (primary N) is 1. The van der Waals surface area contributed by atoms with Gasteiger partial charge in [0.15, 0.2) is 0 Å². The number of carbonyl (C=O) groups excluding carboxylic acids is 1. The molecule has 2 rings (SSSR count). The van der Waals surface area contributed by atoms with Crippen LogP contribution in [0.15, 0.2) is 40.9 Å². The highest BCUT2D eigenvalue weighted by molar-refractivity contribution is 9.10. The SMILES string of the molecule is Cc1ccc(C(=O)Nc2ccc(Br)cc2F)cc1N. The molecule has 0 radical (unpaired) electrons. The van der Waals surface area contributed by atoms with Gasteiger partial charge in [-0.15, -0.1) is 0 Å². The molecular formula is C14H12BrFN2O. The van der Waals surface area contributed by atoms with Crippen molar-refractivity contribution in [2.24, 2.45) is 0 Å². The molecule has 1 amide bonds. The minimum atomic E-state index is -0.497. The third-order valence-electron chi connectivity index (χ3n) is 2.72. The summed E-state index contributed by atoms with van der Waals surface area (Å²) in [4.78, 5) is 12.0. The van der Waals surface area contributed by atoms with E-state index in [1.165, 1.54) is 12.1 Å². The van der Waals surface area contributed by atoms with E-state index in [1.807, 2.05) is 6.92 Å². The molecule has 0 atom stereocenters. The van der Waals surface area contributed by atoms with E-state index in [1.54, 1.807) is 24.3 Å². The van der Waals surface area contributed by atoms with Gasteiger partial charge < -0.3 is 11.1 Å². The summed E-state index contributed by atoms with van der Waals surface area (Å²) in [6.07, 6.45) is 0. The number of halogens is 2. The minimum absolute atomic E-state index is 0.132. The molecule has 0 saturated carbocycles. The zero-order chi connectivity index (χ0) is 14.0. The number of aryl methyl sites for hydroxylation is 1. The summed E-state index contributed by atoms with van der Waals surface area (Å²) in [5.74, 6) is -0.893. The molecule has 0 heterocycles. The molecule has 0 aliphatic rings. The van der Waals surface area contributed by atoms with Crippen molar-refractivity contribution in [1.82, 2.24) is 0 Å². The summed E-state index contributed by atoms with van der Waals surface area (Å²) in [7, 11) is 0. The number of hydrogen-bond donors (Lipinski definition) is 2. The van der Waals surface area contributed by atoms with Gasteiger partial charge in [0.05, 0.1) is 5.69 Å². The Hall–Kier alpha value is -1.88. The first-order valence-electron chi connectivity index (χ1n) is 5.60. The zero-order valence-electron chi connectivity index (χ0n) is 10.2. The van der Waals surface area contributed by atoms with Gasteiger partial charge >= 0.3 is 0 Å². The van der Waals surface area contributed by atoms with Crippen LogP contribution in [0.2, 0.25) is 0 Å². The third kappa shape index (κ3) is 3.12. The lowest BCUT2D eigenvalue weighted by molar-refractivity contribution is 0.102. The second-order valence-electron chi connectivity index (χ2n) is 4.15. The average molecular weight is 323 g/mol. The van der Waals surface area contributed by atoms with Crippen LogP contribution >= 0.6 is 15.9 Å². The Balaban J connectivity index is 2.23. The molecule has 0 unspecified atom stereocenters. The van der Waals surface area contributed by atoms with Crippen molar-refractivity contribution in [2.45, 2.75) is 6.92 Å². The van der Waals surface area contributed by atoms with Gasteiger partial charge in [0, 0.05) is 15.7 Å². The summed E-state index contributed by atoms with van der Waals surface area (Å²) < 4.78 is 14.2. The zero-order valence-corrected chi connectivity index (χ0v) is 11.8. The van der Waals surface area contributed by atoms with Gasteiger partial charge in [-0.3, -0.25) is 4.79 Å². The molecule has 0 bridgehead atoms. The summed E-state index contributed by atoms with van der Waals surface area (Å²) in [5.41, 5.74) is 7.69. The first-order chi connectivity index (χ1) is 8.97. The first-order valence-corrected chi connectivity index (χ1v) is 6.39. The number of nitrogen functional groups attached to an aromatic ring is 1. The van der Waals surface area contributed by atoms with Gasteiger partial charge in [0.2, 0.25) is 0 Å². The van der Waals surface area contributed by atoms with Crippen LogP contribution in [0, 0.1) is 12.7 Å². The molecule has 2 aromatic rings. The lowest BCUT2D eigenvalue weighted by atomic mass is 10.1. The summed E-state index contributed by atoms with van der Waals surface area (Å²) in [6, 6.07) is 9.41. The number of amides is 1. The Morgan fingerprint density at radius 3 is 2.63 bits per heavy atom. The Morgan fingerprint density at radius 2 is 2.00 bits per heavy atom. The van der Waals surface area contributed by atoms with E-state index < -0.39 is 11.7 Å². The largest absolute Gasteiger partial charge is 0.398 e. The highest BCUT2D eigenvalue weighted by atomic mass is 79.9. The molecule has 3 N–H and O–H groups in total. The van der Waals surface area contributed by atoms with Gasteiger partial charge in [-0.05, 0) is 42.8 Å². The van der Waals surface area contributed by atoms with E-state index in [-0.39, 0.29) is 5.69 Å². The van der Waals surface area contributed by atoms with Crippen molar-refractivity contribution in [3.63, 3.8) is 0 Å². The van der Waals surface area contributed by atoms with Crippen LogP contribution in [0.4, 0.5) is 15.8 Å². The Morgan fingerprint density at radius 1 is 1.26 bits per heavy atom. The summed E-state index contributed by atoms with van der Waals surface area (Å²) in [5, 5.41) is 2.51. The number of hydrogen-bond acceptors (Lipinski definition) is 2. The van der Waals surface area contributed by atoms with Gasteiger partial charge in [-0.1, -0.05) is 22.0 Å². The maximum absolute atomic E-state index is 13.6. The molecule has 0 aliphatic heterocycles. The van der Waals surface area contributed by atoms with Gasteiger partial charge in [-0.25, -0.2) is 4.39 Å². The molecule has 0 aromatic heterocycles. The van der Waals surface area contributed by atoms with Gasteiger partial charge in [0.1, 0.15) is 5.82 Å². The molecule has 5 heteroatoms. The van der Waals surface area contributed by atoms with Crippen LogP contribution in [0.25, 0.3) is 0 Å². The van der Waals surface area contributed by atoms with Crippen molar-refractivity contribution >= 4 is 33.2 Å². The number of rotatable bonds is 2. The standard InChI is InChI=1S/C14H12BrFN2O/c1-8-2-3-9(6-12(8)17)14(19)18-13-5-4-10(15)7-11(13)16/h2-7H,17H2,1H3,(H,18,19). The number of nitrogens with one attached hydrogen (secondary N) is 1. The van der Waals surface area contributed by atoms with Crippen LogP contribution < -0.4 is 11.1 Å². The fraction of sp³-hybridized carbons (Fsp3) is 0.0714. The molecule has 3 nitrogen and oxygen atoms in total. The topological polar surface area (TPSA) is 55.1 Å². The van der Waals surface area contributed by atoms with E-state index in [9.17, 15) is 9.18 Å². The maximum atomic E-state index is 13.6. The van der Waals surface area contributed by atoms with Crippen LogP contribution in [0.1, 0.15) is 15.9 Å². The molecule has 0 spiro atoms. The predicted molar refractivity (Wildman–Crippen MR) is 77.6 cm³/mol. The molecule has 2 aromatic carbocycles. The number of anilines is 2. The minimum Gasteiger partial charge on any atom is -0.398 e. The second-order valence-corrected chi connectivity index (χ2v) is 5.07. The third-order valence-corrected chi connectivity index (χ3v) is 3.21. The first kappa shape index (κ1) is 13.5. The van der Waals surface area contributed by atoms with E-state index in [0.717, 1.165) is 5.56 Å². The van der Waals surface area contributed by atoms with E-state index in [2.05, 4.69) is 21.2 Å². The molecular weight excluding hydrogens is 311 g/mol. The monoisotopic (exact) mass is 322 g/mol. The van der Waals surface area contributed by atoms with Gasteiger partial charge in [-0.2, -0.15) is 0 Å². The summed E-state index contributed by atoms with van der Waals surface area (Å²) in [6.45, 7) is 1.85. The van der Waals surface area contributed by atoms with Crippen molar-refractivity contribution < 1.29 is 9.18 Å². The molecule has 0 fully saturated rings. The Kier molecular flexibility index (Phi) is 3.85. The average Bonchev–Trinajstić information content (AvgIpc) is 2.36. The molecule has 0 aliphatic carbocycles. The fourth-order valence-electron chi connectivity index (χ4n) is 1.57. The lowest BCUT2D eigenvalue weighted by Crippen LogP contribution is -2.13. The van der Waals surface area contributed by atoms with Crippen LogP contribution in [-0.2, 0) is 0 Å². The lowest BCUT2D eigenvalue weighted by Gasteiger charge is -2.08. The van der Waals surface area contributed by atoms with E-state index in [4.69, 9.17) is 5.73 Å². The highest BCUT2D eigenvalue weighted by Crippen LogP contribution is 2.20. The smallest absolute Gasteiger partial charge is 0.255 e. The summed E-state index contributed by atoms with van der Waals surface area (Å²) >= 11 is 3.16.